The van der Waals surface area contributed by atoms with E-state index in [2.05, 4.69) is 31.2 Å². The average Bonchev–Trinajstić information content (AvgIpc) is 2.42. The minimum Gasteiger partial charge on any atom is -0.345 e. The number of hydrogen-bond acceptors (Lipinski definition) is 2. The molecule has 18 heavy (non-hydrogen) atoms. The third-order valence-corrected chi connectivity index (χ3v) is 3.19. The summed E-state index contributed by atoms with van der Waals surface area (Å²) in [5.74, 6) is 0.186. The van der Waals surface area contributed by atoms with E-state index in [1.165, 1.54) is 11.1 Å². The number of carbonyl (C=O) groups is 1. The molecule has 3 nitrogen and oxygen atoms in total. The molecule has 100 valence electrons. The number of carbonyl (C=O) groups excluding carboxylic acids is 1. The number of nitrogens with two attached hydrogens (primary N) is 1. The molecule has 0 spiro atoms. The number of amides is 1. The lowest BCUT2D eigenvalue weighted by Crippen LogP contribution is -2.29. The van der Waals surface area contributed by atoms with Crippen LogP contribution in [-0.4, -0.2) is 30.9 Å². The number of aryl methyl sites for hydroxylation is 1. The van der Waals surface area contributed by atoms with Gasteiger partial charge in [-0.25, -0.2) is 0 Å². The largest absolute Gasteiger partial charge is 0.345 e. The highest BCUT2D eigenvalue weighted by Crippen LogP contribution is 2.06. The zero-order valence-electron chi connectivity index (χ0n) is 11.5. The van der Waals surface area contributed by atoms with Gasteiger partial charge >= 0.3 is 0 Å². The van der Waals surface area contributed by atoms with Crippen molar-refractivity contribution < 1.29 is 4.79 Å². The van der Waals surface area contributed by atoms with Gasteiger partial charge in [0.05, 0.1) is 0 Å². The summed E-state index contributed by atoms with van der Waals surface area (Å²) in [5, 5.41) is 0. The van der Waals surface area contributed by atoms with Crippen molar-refractivity contribution in [1.29, 1.82) is 0 Å². The summed E-state index contributed by atoms with van der Waals surface area (Å²) >= 11 is 0. The van der Waals surface area contributed by atoms with Crippen molar-refractivity contribution >= 4 is 5.91 Å². The van der Waals surface area contributed by atoms with E-state index in [9.17, 15) is 4.79 Å². The molecule has 0 saturated carbocycles. The molecule has 0 aliphatic rings. The molecule has 0 unspecified atom stereocenters. The molecule has 0 heterocycles. The Bertz CT molecular complexity index is 359. The van der Waals surface area contributed by atoms with Gasteiger partial charge in [-0.2, -0.15) is 0 Å². The zero-order valence-corrected chi connectivity index (χ0v) is 11.5. The van der Waals surface area contributed by atoms with Gasteiger partial charge in [0.15, 0.2) is 0 Å². The first-order valence-corrected chi connectivity index (χ1v) is 6.69. The molecule has 0 aliphatic carbocycles. The molecule has 0 atom stereocenters. The molecule has 2 N–H and O–H groups in total. The minimum absolute atomic E-state index is 0.186. The Balaban J connectivity index is 2.36. The number of benzene rings is 1. The second-order valence-electron chi connectivity index (χ2n) is 4.63. The van der Waals surface area contributed by atoms with Gasteiger partial charge in [-0.15, -0.1) is 0 Å². The van der Waals surface area contributed by atoms with Crippen molar-refractivity contribution in [2.45, 2.75) is 32.6 Å². The van der Waals surface area contributed by atoms with Crippen LogP contribution < -0.4 is 5.73 Å². The molecular formula is C15H24N2O. The maximum atomic E-state index is 11.7. The Kier molecular flexibility index (Phi) is 6.44. The first-order chi connectivity index (χ1) is 8.67. The summed E-state index contributed by atoms with van der Waals surface area (Å²) in [4.78, 5) is 13.5. The molecule has 1 aromatic carbocycles. The van der Waals surface area contributed by atoms with Crippen molar-refractivity contribution in [3.8, 4) is 0 Å². The fourth-order valence-electron chi connectivity index (χ4n) is 1.81. The lowest BCUT2D eigenvalue weighted by molar-refractivity contribution is -0.129. The van der Waals surface area contributed by atoms with Crippen LogP contribution in [-0.2, 0) is 17.6 Å². The van der Waals surface area contributed by atoms with Crippen LogP contribution in [0.25, 0.3) is 0 Å². The minimum atomic E-state index is 0.186. The summed E-state index contributed by atoms with van der Waals surface area (Å²) in [5.41, 5.74) is 8.03. The molecule has 0 fully saturated rings. The molecule has 0 aromatic heterocycles. The SMILES string of the molecule is CCc1ccc(CCN(C)C(=O)CCCN)cc1. The molecule has 1 amide bonds. The average molecular weight is 248 g/mol. The van der Waals surface area contributed by atoms with Gasteiger partial charge in [0.1, 0.15) is 0 Å². The van der Waals surface area contributed by atoms with Gasteiger partial charge in [0.25, 0.3) is 0 Å². The Hall–Kier alpha value is -1.35. The van der Waals surface area contributed by atoms with Crippen LogP contribution in [0.4, 0.5) is 0 Å². The topological polar surface area (TPSA) is 46.3 Å². The summed E-state index contributed by atoms with van der Waals surface area (Å²) in [6.07, 6.45) is 3.31. The van der Waals surface area contributed by atoms with E-state index in [1.807, 2.05) is 7.05 Å². The second kappa shape index (κ2) is 7.88. The van der Waals surface area contributed by atoms with Gasteiger partial charge in [0.2, 0.25) is 5.91 Å². The van der Waals surface area contributed by atoms with Gasteiger partial charge in [-0.1, -0.05) is 31.2 Å². The highest BCUT2D eigenvalue weighted by molar-refractivity contribution is 5.75. The summed E-state index contributed by atoms with van der Waals surface area (Å²) < 4.78 is 0. The molecule has 1 rings (SSSR count). The van der Waals surface area contributed by atoms with E-state index in [4.69, 9.17) is 5.73 Å². The first kappa shape index (κ1) is 14.7. The molecule has 3 heteroatoms. The second-order valence-corrected chi connectivity index (χ2v) is 4.63. The summed E-state index contributed by atoms with van der Waals surface area (Å²) in [7, 11) is 1.86. The van der Waals surface area contributed by atoms with E-state index in [0.717, 1.165) is 25.8 Å². The molecule has 1 aromatic rings. The third-order valence-electron chi connectivity index (χ3n) is 3.19. The maximum Gasteiger partial charge on any atom is 0.222 e. The van der Waals surface area contributed by atoms with E-state index in [-0.39, 0.29) is 5.91 Å². The normalized spacial score (nSPS) is 10.4. The highest BCUT2D eigenvalue weighted by atomic mass is 16.2. The first-order valence-electron chi connectivity index (χ1n) is 6.69. The standard InChI is InChI=1S/C15H24N2O/c1-3-13-6-8-14(9-7-13)10-12-17(2)15(18)5-4-11-16/h6-9H,3-5,10-12,16H2,1-2H3. The predicted octanol–water partition coefficient (Wildman–Crippen LogP) is 1.99. The molecule has 0 aliphatic heterocycles. The van der Waals surface area contributed by atoms with Crippen LogP contribution in [0.5, 0.6) is 0 Å². The van der Waals surface area contributed by atoms with Crippen molar-refractivity contribution in [3.63, 3.8) is 0 Å². The van der Waals surface area contributed by atoms with Gasteiger partial charge in [-0.05, 0) is 36.9 Å². The smallest absolute Gasteiger partial charge is 0.222 e. The lowest BCUT2D eigenvalue weighted by atomic mass is 10.1. The van der Waals surface area contributed by atoms with Crippen LogP contribution in [0, 0.1) is 0 Å². The number of likely N-dealkylation sites (N-methyl/N-ethyl adjacent to an activating group) is 1. The van der Waals surface area contributed by atoms with Gasteiger partial charge < -0.3 is 10.6 Å². The van der Waals surface area contributed by atoms with E-state index in [1.54, 1.807) is 4.90 Å². The van der Waals surface area contributed by atoms with Crippen LogP contribution in [0.3, 0.4) is 0 Å². The highest BCUT2D eigenvalue weighted by Gasteiger charge is 2.07. The maximum absolute atomic E-state index is 11.7. The number of hydrogen-bond donors (Lipinski definition) is 1. The Morgan fingerprint density at radius 2 is 1.83 bits per heavy atom. The fraction of sp³-hybridized carbons (Fsp3) is 0.533. The van der Waals surface area contributed by atoms with Gasteiger partial charge in [0, 0.05) is 20.0 Å². The Morgan fingerprint density at radius 3 is 2.39 bits per heavy atom. The quantitative estimate of drug-likeness (QED) is 0.802. The van der Waals surface area contributed by atoms with Crippen molar-refractivity contribution in [1.82, 2.24) is 4.90 Å². The van der Waals surface area contributed by atoms with Crippen LogP contribution in [0.1, 0.15) is 30.9 Å². The van der Waals surface area contributed by atoms with E-state index < -0.39 is 0 Å². The predicted molar refractivity (Wildman–Crippen MR) is 75.4 cm³/mol. The summed E-state index contributed by atoms with van der Waals surface area (Å²) in [6.45, 7) is 3.51. The van der Waals surface area contributed by atoms with Crippen molar-refractivity contribution in [2.24, 2.45) is 5.73 Å². The monoisotopic (exact) mass is 248 g/mol. The van der Waals surface area contributed by atoms with Crippen LogP contribution in [0.2, 0.25) is 0 Å². The molecule has 0 bridgehead atoms. The van der Waals surface area contributed by atoms with Gasteiger partial charge in [-0.3, -0.25) is 4.79 Å². The molecule has 0 radical (unpaired) electrons. The Labute approximate surface area is 110 Å². The van der Waals surface area contributed by atoms with Crippen molar-refractivity contribution in [2.75, 3.05) is 20.1 Å². The summed E-state index contributed by atoms with van der Waals surface area (Å²) in [6, 6.07) is 8.62. The van der Waals surface area contributed by atoms with E-state index >= 15 is 0 Å². The fourth-order valence-corrected chi connectivity index (χ4v) is 1.81. The van der Waals surface area contributed by atoms with Crippen LogP contribution in [0.15, 0.2) is 24.3 Å². The lowest BCUT2D eigenvalue weighted by Gasteiger charge is -2.17. The number of rotatable bonds is 7. The zero-order chi connectivity index (χ0) is 13.4. The number of nitrogens with zero attached hydrogens (tertiary/aromatic N) is 1. The van der Waals surface area contributed by atoms with Crippen LogP contribution >= 0.6 is 0 Å². The molecular weight excluding hydrogens is 224 g/mol. The third kappa shape index (κ3) is 4.88. The molecule has 0 saturated heterocycles. The Morgan fingerprint density at radius 1 is 1.22 bits per heavy atom. The van der Waals surface area contributed by atoms with Crippen molar-refractivity contribution in [3.05, 3.63) is 35.4 Å². The van der Waals surface area contributed by atoms with E-state index in [0.29, 0.717) is 13.0 Å².